The van der Waals surface area contributed by atoms with Gasteiger partial charge in [-0.3, -0.25) is 4.68 Å². The van der Waals surface area contributed by atoms with Crippen LogP contribution in [0.4, 0.5) is 0 Å². The fraction of sp³-hybridized carbons (Fsp3) is 0.286. The number of fused-ring (bicyclic) bond motifs is 1. The van der Waals surface area contributed by atoms with Crippen molar-refractivity contribution in [1.29, 1.82) is 0 Å². The van der Waals surface area contributed by atoms with Gasteiger partial charge in [-0.25, -0.2) is 0 Å². The Morgan fingerprint density at radius 2 is 2.26 bits per heavy atom. The van der Waals surface area contributed by atoms with Gasteiger partial charge in [0.15, 0.2) is 0 Å². The molecule has 2 aromatic rings. The van der Waals surface area contributed by atoms with Crippen molar-refractivity contribution in [2.45, 2.75) is 19.4 Å². The summed E-state index contributed by atoms with van der Waals surface area (Å²) >= 11 is 0. The zero-order valence-electron chi connectivity index (χ0n) is 10.7. The maximum Gasteiger partial charge on any atom is 0.132 e. The Kier molecular flexibility index (Phi) is 2.95. The fourth-order valence-electron chi connectivity index (χ4n) is 2.40. The molecule has 19 heavy (non-hydrogen) atoms. The number of ether oxygens (including phenoxy) is 1. The van der Waals surface area contributed by atoms with Crippen LogP contribution in [0.25, 0.3) is 0 Å². The molecule has 5 heteroatoms. The van der Waals surface area contributed by atoms with Gasteiger partial charge in [0, 0.05) is 24.4 Å². The van der Waals surface area contributed by atoms with Crippen LogP contribution < -0.4 is 4.74 Å². The molecule has 1 heterocycles. The third-order valence-corrected chi connectivity index (χ3v) is 3.32. The van der Waals surface area contributed by atoms with Crippen LogP contribution >= 0.6 is 0 Å². The summed E-state index contributed by atoms with van der Waals surface area (Å²) in [4.78, 5) is 0. The minimum absolute atomic E-state index is 0.447. The Morgan fingerprint density at radius 3 is 3.00 bits per heavy atom. The third-order valence-electron chi connectivity index (χ3n) is 3.32. The molecule has 0 radical (unpaired) electrons. The summed E-state index contributed by atoms with van der Waals surface area (Å²) in [5.41, 5.74) is 3.74. The summed E-state index contributed by atoms with van der Waals surface area (Å²) in [6.45, 7) is 0.447. The van der Waals surface area contributed by atoms with Gasteiger partial charge in [-0.1, -0.05) is 17.3 Å². The van der Waals surface area contributed by atoms with E-state index in [0.29, 0.717) is 6.61 Å². The molecule has 0 amide bonds. The lowest BCUT2D eigenvalue weighted by Gasteiger charge is -2.09. The highest BCUT2D eigenvalue weighted by Gasteiger charge is 2.21. The van der Waals surface area contributed by atoms with E-state index in [4.69, 9.17) is 9.94 Å². The molecule has 0 fully saturated rings. The van der Waals surface area contributed by atoms with Gasteiger partial charge >= 0.3 is 0 Å². The van der Waals surface area contributed by atoms with Crippen LogP contribution in [-0.2, 0) is 20.1 Å². The predicted octanol–water partition coefficient (Wildman–Crippen LogP) is 2.12. The van der Waals surface area contributed by atoms with Crippen LogP contribution in [0, 0.1) is 0 Å². The Hall–Kier alpha value is -2.30. The van der Waals surface area contributed by atoms with Crippen molar-refractivity contribution in [2.24, 2.45) is 12.2 Å². The lowest BCUT2D eigenvalue weighted by atomic mass is 10.1. The lowest BCUT2D eigenvalue weighted by Crippen LogP contribution is -2.00. The van der Waals surface area contributed by atoms with E-state index >= 15 is 0 Å². The van der Waals surface area contributed by atoms with Crippen molar-refractivity contribution < 1.29 is 9.94 Å². The maximum atomic E-state index is 8.95. The number of aromatic nitrogens is 2. The molecule has 5 nitrogen and oxygen atoms in total. The summed E-state index contributed by atoms with van der Waals surface area (Å²) in [6, 6.07) is 7.76. The van der Waals surface area contributed by atoms with Crippen LogP contribution in [0.15, 0.2) is 35.6 Å². The highest BCUT2D eigenvalue weighted by Crippen LogP contribution is 2.31. The van der Waals surface area contributed by atoms with Crippen molar-refractivity contribution in [2.75, 3.05) is 0 Å². The van der Waals surface area contributed by atoms with Crippen molar-refractivity contribution in [3.8, 4) is 5.75 Å². The second-order valence-corrected chi connectivity index (χ2v) is 4.60. The number of benzene rings is 1. The van der Waals surface area contributed by atoms with Crippen LogP contribution in [0.2, 0.25) is 0 Å². The molecular weight excluding hydrogens is 242 g/mol. The first-order valence-corrected chi connectivity index (χ1v) is 6.22. The molecule has 1 aromatic heterocycles. The normalized spacial score (nSPS) is 15.7. The number of nitrogens with zero attached hydrogens (tertiary/aromatic N) is 3. The van der Waals surface area contributed by atoms with Crippen molar-refractivity contribution in [3.63, 3.8) is 0 Å². The van der Waals surface area contributed by atoms with Gasteiger partial charge in [-0.2, -0.15) is 5.10 Å². The van der Waals surface area contributed by atoms with Crippen molar-refractivity contribution >= 4 is 5.71 Å². The molecule has 1 aliphatic rings. The molecule has 3 rings (SSSR count). The van der Waals surface area contributed by atoms with Crippen LogP contribution in [-0.4, -0.2) is 20.7 Å². The van der Waals surface area contributed by atoms with E-state index in [-0.39, 0.29) is 0 Å². The molecule has 0 unspecified atom stereocenters. The molecule has 1 aliphatic carbocycles. The topological polar surface area (TPSA) is 59.6 Å². The molecule has 0 bridgehead atoms. The monoisotopic (exact) mass is 257 g/mol. The van der Waals surface area contributed by atoms with Gasteiger partial charge in [0.25, 0.3) is 0 Å². The number of hydrogen-bond donors (Lipinski definition) is 1. The Morgan fingerprint density at radius 1 is 1.37 bits per heavy atom. The van der Waals surface area contributed by atoms with E-state index in [1.54, 1.807) is 4.68 Å². The van der Waals surface area contributed by atoms with Crippen LogP contribution in [0.3, 0.4) is 0 Å². The standard InChI is InChI=1S/C14H15N3O2/c1-17-8-7-10(15-17)9-19-14-4-2-3-11-12(14)5-6-13(11)16-18/h2-4,7-8,18H,5-6,9H2,1H3/b16-13+. The number of hydrogen-bond acceptors (Lipinski definition) is 4. The molecule has 1 N–H and O–H groups in total. The Bertz CT molecular complexity index is 631. The molecule has 0 atom stereocenters. The van der Waals surface area contributed by atoms with E-state index in [0.717, 1.165) is 41.1 Å². The SMILES string of the molecule is Cn1ccc(COc2cccc3c2CC/C3=N\O)n1. The Labute approximate surface area is 111 Å². The van der Waals surface area contributed by atoms with Gasteiger partial charge in [0.05, 0.1) is 11.4 Å². The summed E-state index contributed by atoms with van der Waals surface area (Å²) in [5, 5.41) is 16.6. The van der Waals surface area contributed by atoms with Gasteiger partial charge in [-0.05, 0) is 25.0 Å². The largest absolute Gasteiger partial charge is 0.487 e. The number of rotatable bonds is 3. The average Bonchev–Trinajstić information content (AvgIpc) is 3.02. The summed E-state index contributed by atoms with van der Waals surface area (Å²) < 4.78 is 7.58. The molecule has 0 aliphatic heterocycles. The molecule has 1 aromatic carbocycles. The van der Waals surface area contributed by atoms with Crippen LogP contribution in [0.5, 0.6) is 5.75 Å². The quantitative estimate of drug-likeness (QED) is 0.677. The summed E-state index contributed by atoms with van der Waals surface area (Å²) in [6.07, 6.45) is 3.51. The number of oxime groups is 1. The first-order valence-electron chi connectivity index (χ1n) is 6.22. The molecule has 98 valence electrons. The zero-order chi connectivity index (χ0) is 13.2. The highest BCUT2D eigenvalue weighted by molar-refractivity contribution is 6.04. The van der Waals surface area contributed by atoms with Crippen molar-refractivity contribution in [3.05, 3.63) is 47.3 Å². The molecule has 0 saturated heterocycles. The maximum absolute atomic E-state index is 8.95. The Balaban J connectivity index is 1.81. The van der Waals surface area contributed by atoms with E-state index in [1.807, 2.05) is 37.5 Å². The first-order chi connectivity index (χ1) is 9.28. The van der Waals surface area contributed by atoms with Gasteiger partial charge in [0.2, 0.25) is 0 Å². The second kappa shape index (κ2) is 4.76. The summed E-state index contributed by atoms with van der Waals surface area (Å²) in [7, 11) is 1.88. The lowest BCUT2D eigenvalue weighted by molar-refractivity contribution is 0.297. The van der Waals surface area contributed by atoms with E-state index in [1.165, 1.54) is 0 Å². The summed E-state index contributed by atoms with van der Waals surface area (Å²) in [5.74, 6) is 0.849. The van der Waals surface area contributed by atoms with Gasteiger partial charge < -0.3 is 9.94 Å². The van der Waals surface area contributed by atoms with Gasteiger partial charge in [-0.15, -0.1) is 0 Å². The molecule has 0 saturated carbocycles. The van der Waals surface area contributed by atoms with Crippen LogP contribution in [0.1, 0.15) is 23.2 Å². The van der Waals surface area contributed by atoms with Gasteiger partial charge in [0.1, 0.15) is 12.4 Å². The van der Waals surface area contributed by atoms with E-state index in [2.05, 4.69) is 10.3 Å². The minimum Gasteiger partial charge on any atom is -0.487 e. The molecular formula is C14H15N3O2. The smallest absolute Gasteiger partial charge is 0.132 e. The molecule has 0 spiro atoms. The van der Waals surface area contributed by atoms with Crippen molar-refractivity contribution in [1.82, 2.24) is 9.78 Å². The first kappa shape index (κ1) is 11.8. The third kappa shape index (κ3) is 2.19. The second-order valence-electron chi connectivity index (χ2n) is 4.60. The predicted molar refractivity (Wildman–Crippen MR) is 70.6 cm³/mol. The van der Waals surface area contributed by atoms with E-state index < -0.39 is 0 Å². The number of aryl methyl sites for hydroxylation is 1. The highest BCUT2D eigenvalue weighted by atomic mass is 16.5. The zero-order valence-corrected chi connectivity index (χ0v) is 10.7. The van der Waals surface area contributed by atoms with E-state index in [9.17, 15) is 0 Å². The fourth-order valence-corrected chi connectivity index (χ4v) is 2.40. The average molecular weight is 257 g/mol. The minimum atomic E-state index is 0.447.